The van der Waals surface area contributed by atoms with Gasteiger partial charge in [0.2, 0.25) is 0 Å². The molecule has 0 aliphatic carbocycles. The molecule has 102 valence electrons. The fourth-order valence-corrected chi connectivity index (χ4v) is 2.62. The third-order valence-corrected chi connectivity index (χ3v) is 3.64. The van der Waals surface area contributed by atoms with Crippen molar-refractivity contribution < 1.29 is 9.59 Å². The number of piperidine rings is 1. The minimum Gasteiger partial charge on any atom is -0.299 e. The topological polar surface area (TPSA) is 37.4 Å². The molecular formula is C16H21NO2. The van der Waals surface area contributed by atoms with Crippen LogP contribution in [0.15, 0.2) is 30.3 Å². The minimum absolute atomic E-state index is 0.0978. The van der Waals surface area contributed by atoms with Crippen molar-refractivity contribution in [1.29, 1.82) is 0 Å². The zero-order valence-electron chi connectivity index (χ0n) is 11.5. The third-order valence-electron chi connectivity index (χ3n) is 3.64. The van der Waals surface area contributed by atoms with Crippen molar-refractivity contribution in [2.75, 3.05) is 13.1 Å². The molecule has 0 N–H and O–H groups in total. The van der Waals surface area contributed by atoms with E-state index in [1.807, 2.05) is 25.1 Å². The van der Waals surface area contributed by atoms with Gasteiger partial charge in [-0.25, -0.2) is 0 Å². The maximum Gasteiger partial charge on any atom is 0.157 e. The van der Waals surface area contributed by atoms with Crippen LogP contribution in [0.4, 0.5) is 0 Å². The van der Waals surface area contributed by atoms with Gasteiger partial charge >= 0.3 is 0 Å². The number of ketones is 2. The van der Waals surface area contributed by atoms with E-state index in [1.165, 1.54) is 5.56 Å². The van der Waals surface area contributed by atoms with E-state index in [4.69, 9.17) is 0 Å². The van der Waals surface area contributed by atoms with Gasteiger partial charge in [-0.1, -0.05) is 37.3 Å². The molecule has 0 saturated carbocycles. The van der Waals surface area contributed by atoms with Gasteiger partial charge in [-0.15, -0.1) is 0 Å². The summed E-state index contributed by atoms with van der Waals surface area (Å²) in [7, 11) is 0. The molecule has 2 rings (SSSR count). The van der Waals surface area contributed by atoms with Crippen LogP contribution in [0.5, 0.6) is 0 Å². The summed E-state index contributed by atoms with van der Waals surface area (Å²) in [5.41, 5.74) is 1.22. The van der Waals surface area contributed by atoms with Gasteiger partial charge in [0.15, 0.2) is 5.78 Å². The number of hydrogen-bond acceptors (Lipinski definition) is 3. The second-order valence-corrected chi connectivity index (χ2v) is 5.22. The Labute approximate surface area is 114 Å². The first-order chi connectivity index (χ1) is 9.20. The van der Waals surface area contributed by atoms with Crippen LogP contribution in [-0.4, -0.2) is 29.6 Å². The summed E-state index contributed by atoms with van der Waals surface area (Å²) < 4.78 is 0. The zero-order valence-corrected chi connectivity index (χ0v) is 11.5. The van der Waals surface area contributed by atoms with Crippen molar-refractivity contribution in [1.82, 2.24) is 4.90 Å². The van der Waals surface area contributed by atoms with Crippen LogP contribution in [0.3, 0.4) is 0 Å². The first-order valence-electron chi connectivity index (χ1n) is 7.02. The van der Waals surface area contributed by atoms with E-state index in [0.717, 1.165) is 19.5 Å². The largest absolute Gasteiger partial charge is 0.299 e. The zero-order chi connectivity index (χ0) is 13.7. The fraction of sp³-hybridized carbons (Fsp3) is 0.500. The molecule has 1 heterocycles. The SMILES string of the molecule is CCCC(=O)C1CCN(Cc2ccccc2)CC1=O. The smallest absolute Gasteiger partial charge is 0.157 e. The molecule has 1 aliphatic heterocycles. The lowest BCUT2D eigenvalue weighted by Crippen LogP contribution is -2.43. The Morgan fingerprint density at radius 1 is 1.32 bits per heavy atom. The summed E-state index contributed by atoms with van der Waals surface area (Å²) in [5.74, 6) is -0.112. The van der Waals surface area contributed by atoms with Crippen molar-refractivity contribution in [3.63, 3.8) is 0 Å². The fourth-order valence-electron chi connectivity index (χ4n) is 2.62. The van der Waals surface area contributed by atoms with E-state index < -0.39 is 0 Å². The predicted molar refractivity (Wildman–Crippen MR) is 74.7 cm³/mol. The average molecular weight is 259 g/mol. The minimum atomic E-state index is -0.341. The second kappa shape index (κ2) is 6.62. The summed E-state index contributed by atoms with van der Waals surface area (Å²) in [6, 6.07) is 10.1. The maximum atomic E-state index is 12.0. The number of carbonyl (C=O) groups excluding carboxylic acids is 2. The monoisotopic (exact) mass is 259 g/mol. The highest BCUT2D eigenvalue weighted by Gasteiger charge is 2.31. The van der Waals surface area contributed by atoms with Crippen LogP contribution in [0.1, 0.15) is 31.7 Å². The number of rotatable bonds is 5. The van der Waals surface area contributed by atoms with Crippen molar-refractivity contribution in [3.05, 3.63) is 35.9 Å². The molecule has 1 atom stereocenters. The lowest BCUT2D eigenvalue weighted by Gasteiger charge is -2.30. The van der Waals surface area contributed by atoms with Crippen LogP contribution in [0, 0.1) is 5.92 Å². The molecule has 0 aromatic heterocycles. The maximum absolute atomic E-state index is 12.0. The van der Waals surface area contributed by atoms with Gasteiger partial charge in [-0.05, 0) is 18.4 Å². The van der Waals surface area contributed by atoms with E-state index in [0.29, 0.717) is 19.4 Å². The lowest BCUT2D eigenvalue weighted by atomic mass is 9.89. The molecule has 3 heteroatoms. The Kier molecular flexibility index (Phi) is 4.86. The van der Waals surface area contributed by atoms with Crippen molar-refractivity contribution in [2.24, 2.45) is 5.92 Å². The van der Waals surface area contributed by atoms with Crippen molar-refractivity contribution in [2.45, 2.75) is 32.7 Å². The molecule has 19 heavy (non-hydrogen) atoms. The molecule has 1 saturated heterocycles. The average Bonchev–Trinajstić information content (AvgIpc) is 2.40. The van der Waals surface area contributed by atoms with E-state index in [1.54, 1.807) is 0 Å². The van der Waals surface area contributed by atoms with Crippen molar-refractivity contribution >= 4 is 11.6 Å². The van der Waals surface area contributed by atoms with E-state index in [-0.39, 0.29) is 17.5 Å². The summed E-state index contributed by atoms with van der Waals surface area (Å²) in [6.45, 7) is 4.02. The van der Waals surface area contributed by atoms with E-state index in [9.17, 15) is 9.59 Å². The van der Waals surface area contributed by atoms with E-state index in [2.05, 4.69) is 17.0 Å². The van der Waals surface area contributed by atoms with Gasteiger partial charge in [0.05, 0.1) is 12.5 Å². The Hall–Kier alpha value is -1.48. The highest BCUT2D eigenvalue weighted by molar-refractivity contribution is 6.03. The highest BCUT2D eigenvalue weighted by atomic mass is 16.2. The van der Waals surface area contributed by atoms with Gasteiger partial charge in [0.25, 0.3) is 0 Å². The third kappa shape index (κ3) is 3.74. The molecule has 1 aromatic carbocycles. The normalized spacial score (nSPS) is 20.5. The number of Topliss-reactive ketones (excluding diaryl/α,β-unsaturated/α-hetero) is 2. The molecular weight excluding hydrogens is 238 g/mol. The lowest BCUT2D eigenvalue weighted by molar-refractivity contribution is -0.136. The molecule has 1 unspecified atom stereocenters. The number of benzene rings is 1. The Morgan fingerprint density at radius 3 is 2.68 bits per heavy atom. The first-order valence-corrected chi connectivity index (χ1v) is 7.02. The first kappa shape index (κ1) is 13.9. The molecule has 3 nitrogen and oxygen atoms in total. The summed E-state index contributed by atoms with van der Waals surface area (Å²) in [6.07, 6.45) is 2.05. The number of carbonyl (C=O) groups is 2. The van der Waals surface area contributed by atoms with Gasteiger partial charge in [0, 0.05) is 19.5 Å². The van der Waals surface area contributed by atoms with Gasteiger partial charge < -0.3 is 0 Å². The molecule has 0 amide bonds. The molecule has 0 spiro atoms. The Balaban J connectivity index is 1.90. The van der Waals surface area contributed by atoms with E-state index >= 15 is 0 Å². The molecule has 0 radical (unpaired) electrons. The summed E-state index contributed by atoms with van der Waals surface area (Å²) in [5, 5.41) is 0. The molecule has 1 aliphatic rings. The standard InChI is InChI=1S/C16H21NO2/c1-2-6-15(18)14-9-10-17(12-16(14)19)11-13-7-4-3-5-8-13/h3-5,7-8,14H,2,6,9-12H2,1H3. The highest BCUT2D eigenvalue weighted by Crippen LogP contribution is 2.18. The molecule has 1 fully saturated rings. The number of hydrogen-bond donors (Lipinski definition) is 0. The summed E-state index contributed by atoms with van der Waals surface area (Å²) >= 11 is 0. The summed E-state index contributed by atoms with van der Waals surface area (Å²) in [4.78, 5) is 26.0. The van der Waals surface area contributed by atoms with Crippen LogP contribution >= 0.6 is 0 Å². The Morgan fingerprint density at radius 2 is 2.05 bits per heavy atom. The van der Waals surface area contributed by atoms with Crippen LogP contribution in [0.25, 0.3) is 0 Å². The molecule has 1 aromatic rings. The van der Waals surface area contributed by atoms with Gasteiger partial charge in [-0.2, -0.15) is 0 Å². The molecule has 0 bridgehead atoms. The Bertz CT molecular complexity index is 441. The number of nitrogens with zero attached hydrogens (tertiary/aromatic N) is 1. The van der Waals surface area contributed by atoms with Crippen LogP contribution < -0.4 is 0 Å². The quantitative estimate of drug-likeness (QED) is 0.762. The van der Waals surface area contributed by atoms with Crippen molar-refractivity contribution in [3.8, 4) is 0 Å². The number of likely N-dealkylation sites (tertiary alicyclic amines) is 1. The van der Waals surface area contributed by atoms with Crippen LogP contribution in [0.2, 0.25) is 0 Å². The van der Waals surface area contributed by atoms with Gasteiger partial charge in [-0.3, -0.25) is 14.5 Å². The van der Waals surface area contributed by atoms with Crippen LogP contribution in [-0.2, 0) is 16.1 Å². The predicted octanol–water partition coefficient (Wildman–Crippen LogP) is 2.45. The second-order valence-electron chi connectivity index (χ2n) is 5.22. The van der Waals surface area contributed by atoms with Gasteiger partial charge in [0.1, 0.15) is 5.78 Å².